The van der Waals surface area contributed by atoms with Gasteiger partial charge in [-0.2, -0.15) is 0 Å². The first-order valence-corrected chi connectivity index (χ1v) is 9.50. The van der Waals surface area contributed by atoms with Gasteiger partial charge >= 0.3 is 0 Å². The summed E-state index contributed by atoms with van der Waals surface area (Å²) in [6.07, 6.45) is 1.49. The summed E-state index contributed by atoms with van der Waals surface area (Å²) < 4.78 is 1.57. The monoisotopic (exact) mass is 367 g/mol. The zero-order valence-electron chi connectivity index (χ0n) is 14.8. The van der Waals surface area contributed by atoms with E-state index in [-0.39, 0.29) is 5.56 Å². The maximum absolute atomic E-state index is 13.1. The molecule has 134 valence electrons. The molecule has 3 aromatic rings. The van der Waals surface area contributed by atoms with Crippen LogP contribution in [0.4, 0.5) is 0 Å². The van der Waals surface area contributed by atoms with Gasteiger partial charge in [-0.1, -0.05) is 49.9 Å². The molecule has 5 nitrogen and oxygen atoms in total. The molecule has 1 atom stereocenters. The maximum Gasteiger partial charge on any atom is 0.266 e. The third kappa shape index (κ3) is 3.51. The first-order valence-electron chi connectivity index (χ1n) is 8.62. The Kier molecular flexibility index (Phi) is 5.42. The zero-order valence-corrected chi connectivity index (χ0v) is 15.6. The minimum absolute atomic E-state index is 0.151. The van der Waals surface area contributed by atoms with Crippen molar-refractivity contribution in [1.29, 1.82) is 0 Å². The molecule has 0 saturated heterocycles. The van der Waals surface area contributed by atoms with Crippen LogP contribution in [0.2, 0.25) is 0 Å². The largest absolute Gasteiger partial charge is 0.369 e. The Morgan fingerprint density at radius 1 is 1.15 bits per heavy atom. The fourth-order valence-electron chi connectivity index (χ4n) is 2.77. The van der Waals surface area contributed by atoms with Crippen molar-refractivity contribution < 1.29 is 4.79 Å². The average molecular weight is 367 g/mol. The zero-order chi connectivity index (χ0) is 18.7. The number of fused-ring (bicyclic) bond motifs is 1. The van der Waals surface area contributed by atoms with E-state index in [0.717, 1.165) is 12.1 Å². The molecule has 0 fully saturated rings. The number of amides is 1. The third-order valence-corrected chi connectivity index (χ3v) is 5.62. The average Bonchev–Trinajstić information content (AvgIpc) is 2.66. The summed E-state index contributed by atoms with van der Waals surface area (Å²) in [6, 6.07) is 15.0. The fraction of sp³-hybridized carbons (Fsp3) is 0.250. The number of rotatable bonds is 6. The number of primary amides is 1. The van der Waals surface area contributed by atoms with Crippen molar-refractivity contribution in [3.63, 3.8) is 0 Å². The molecule has 2 aromatic carbocycles. The van der Waals surface area contributed by atoms with Crippen LogP contribution in [0.5, 0.6) is 0 Å². The van der Waals surface area contributed by atoms with Crippen molar-refractivity contribution >= 4 is 28.6 Å². The molecule has 1 amide bonds. The normalized spacial score (nSPS) is 12.2. The number of carbonyl (C=O) groups is 1. The summed E-state index contributed by atoms with van der Waals surface area (Å²) in [7, 11) is 0. The quantitative estimate of drug-likeness (QED) is 0.536. The molecule has 2 N–H and O–H groups in total. The molecule has 1 heterocycles. The highest BCUT2D eigenvalue weighted by atomic mass is 32.2. The number of hydrogen-bond donors (Lipinski definition) is 1. The van der Waals surface area contributed by atoms with Crippen LogP contribution in [0.1, 0.15) is 25.8 Å². The van der Waals surface area contributed by atoms with E-state index in [1.54, 1.807) is 16.7 Å². The second-order valence-electron chi connectivity index (χ2n) is 5.99. The molecule has 0 spiro atoms. The number of carbonyl (C=O) groups excluding carboxylic acids is 1. The van der Waals surface area contributed by atoms with E-state index in [1.165, 1.54) is 17.3 Å². The predicted molar refractivity (Wildman–Crippen MR) is 106 cm³/mol. The highest BCUT2D eigenvalue weighted by Gasteiger charge is 2.20. The Balaban J connectivity index is 2.23. The van der Waals surface area contributed by atoms with Crippen LogP contribution in [0.15, 0.2) is 58.5 Å². The van der Waals surface area contributed by atoms with Gasteiger partial charge in [0.1, 0.15) is 0 Å². The minimum Gasteiger partial charge on any atom is -0.369 e. The van der Waals surface area contributed by atoms with Gasteiger partial charge in [-0.05, 0) is 42.7 Å². The highest BCUT2D eigenvalue weighted by Crippen LogP contribution is 2.26. The van der Waals surface area contributed by atoms with Crippen LogP contribution in [0.3, 0.4) is 0 Å². The second-order valence-corrected chi connectivity index (χ2v) is 7.16. The summed E-state index contributed by atoms with van der Waals surface area (Å²) in [4.78, 5) is 29.5. The molecule has 1 aromatic heterocycles. The molecule has 0 saturated carbocycles. The molecule has 0 aliphatic rings. The molecule has 0 bridgehead atoms. The summed E-state index contributed by atoms with van der Waals surface area (Å²) in [5.74, 6) is -0.409. The summed E-state index contributed by atoms with van der Waals surface area (Å²) in [5.41, 5.74) is 7.88. The van der Waals surface area contributed by atoms with Crippen LogP contribution < -0.4 is 11.3 Å². The molecule has 3 rings (SSSR count). The number of para-hydroxylation sites is 1. The first kappa shape index (κ1) is 18.2. The first-order chi connectivity index (χ1) is 12.5. The highest BCUT2D eigenvalue weighted by molar-refractivity contribution is 8.00. The number of nitrogens with zero attached hydrogens (tertiary/aromatic N) is 2. The second kappa shape index (κ2) is 7.74. The van der Waals surface area contributed by atoms with Crippen LogP contribution in [-0.4, -0.2) is 20.7 Å². The predicted octanol–water partition coefficient (Wildman–Crippen LogP) is 3.30. The molecule has 1 unspecified atom stereocenters. The molecule has 0 radical (unpaired) electrons. The number of thioether (sulfide) groups is 1. The molecule has 0 aliphatic heterocycles. The van der Waals surface area contributed by atoms with Gasteiger partial charge in [0, 0.05) is 0 Å². The number of benzene rings is 2. The smallest absolute Gasteiger partial charge is 0.266 e. The van der Waals surface area contributed by atoms with E-state index >= 15 is 0 Å². The molecular weight excluding hydrogens is 346 g/mol. The maximum atomic E-state index is 13.1. The van der Waals surface area contributed by atoms with Crippen molar-refractivity contribution in [2.75, 3.05) is 0 Å². The van der Waals surface area contributed by atoms with E-state index in [0.29, 0.717) is 22.5 Å². The van der Waals surface area contributed by atoms with Crippen LogP contribution >= 0.6 is 11.8 Å². The van der Waals surface area contributed by atoms with E-state index in [9.17, 15) is 9.59 Å². The Morgan fingerprint density at radius 3 is 2.46 bits per heavy atom. The lowest BCUT2D eigenvalue weighted by Gasteiger charge is -2.16. The lowest BCUT2D eigenvalue weighted by Crippen LogP contribution is -2.28. The van der Waals surface area contributed by atoms with Crippen LogP contribution in [0, 0.1) is 0 Å². The van der Waals surface area contributed by atoms with E-state index in [2.05, 4.69) is 11.9 Å². The number of aromatic nitrogens is 2. The topological polar surface area (TPSA) is 78.0 Å². The Labute approximate surface area is 156 Å². The van der Waals surface area contributed by atoms with Gasteiger partial charge in [0.15, 0.2) is 5.16 Å². The van der Waals surface area contributed by atoms with Crippen LogP contribution in [-0.2, 0) is 11.2 Å². The van der Waals surface area contributed by atoms with Crippen LogP contribution in [0.25, 0.3) is 16.6 Å². The Hall–Kier alpha value is -2.60. The van der Waals surface area contributed by atoms with E-state index < -0.39 is 11.2 Å². The number of aryl methyl sites for hydroxylation is 1. The lowest BCUT2D eigenvalue weighted by atomic mass is 10.1. The lowest BCUT2D eigenvalue weighted by molar-refractivity contribution is -0.117. The fourth-order valence-corrected chi connectivity index (χ4v) is 3.75. The molecule has 0 aliphatic carbocycles. The van der Waals surface area contributed by atoms with E-state index in [4.69, 9.17) is 5.73 Å². The standard InChI is InChI=1S/C20H21N3O2S/c1-3-13-9-11-14(12-10-13)23-19(25)15-7-5-6-8-16(15)22-20(23)26-17(4-2)18(21)24/h5-12,17H,3-4H2,1-2H3,(H2,21,24). The van der Waals surface area contributed by atoms with Gasteiger partial charge in [-0.3, -0.25) is 14.2 Å². The SMILES string of the molecule is CCc1ccc(-n2c(SC(CC)C(N)=O)nc3ccccc3c2=O)cc1. The Morgan fingerprint density at radius 2 is 1.85 bits per heavy atom. The Bertz CT molecular complexity index is 996. The van der Waals surface area contributed by atoms with Crippen molar-refractivity contribution in [3.05, 3.63) is 64.4 Å². The van der Waals surface area contributed by atoms with Crippen molar-refractivity contribution in [3.8, 4) is 5.69 Å². The minimum atomic E-state index is -0.441. The third-order valence-electron chi connectivity index (χ3n) is 4.28. The van der Waals surface area contributed by atoms with Crippen molar-refractivity contribution in [2.24, 2.45) is 5.73 Å². The molecule has 26 heavy (non-hydrogen) atoms. The number of hydrogen-bond acceptors (Lipinski definition) is 4. The molecule has 6 heteroatoms. The summed E-state index contributed by atoms with van der Waals surface area (Å²) >= 11 is 1.23. The summed E-state index contributed by atoms with van der Waals surface area (Å²) in [6.45, 7) is 3.97. The van der Waals surface area contributed by atoms with Crippen molar-refractivity contribution in [2.45, 2.75) is 37.1 Å². The summed E-state index contributed by atoms with van der Waals surface area (Å²) in [5, 5.41) is 0.580. The van der Waals surface area contributed by atoms with E-state index in [1.807, 2.05) is 43.3 Å². The number of nitrogens with two attached hydrogens (primary N) is 1. The van der Waals surface area contributed by atoms with Gasteiger partial charge in [0.2, 0.25) is 5.91 Å². The van der Waals surface area contributed by atoms with Gasteiger partial charge in [0.25, 0.3) is 5.56 Å². The van der Waals surface area contributed by atoms with Gasteiger partial charge in [0.05, 0.1) is 21.8 Å². The van der Waals surface area contributed by atoms with Gasteiger partial charge < -0.3 is 5.73 Å². The molecular formula is C20H21N3O2S. The van der Waals surface area contributed by atoms with Gasteiger partial charge in [-0.25, -0.2) is 4.98 Å². The van der Waals surface area contributed by atoms with Gasteiger partial charge in [-0.15, -0.1) is 0 Å². The van der Waals surface area contributed by atoms with Crippen molar-refractivity contribution in [1.82, 2.24) is 9.55 Å².